The first-order chi connectivity index (χ1) is 6.29. The van der Waals surface area contributed by atoms with E-state index in [4.69, 9.17) is 0 Å². The third-order valence-corrected chi connectivity index (χ3v) is 2.06. The van der Waals surface area contributed by atoms with Crippen LogP contribution in [0.4, 0.5) is 0 Å². The highest BCUT2D eigenvalue weighted by Crippen LogP contribution is 1.83. The van der Waals surface area contributed by atoms with Crippen molar-refractivity contribution in [2.45, 2.75) is 13.7 Å². The van der Waals surface area contributed by atoms with Crippen molar-refractivity contribution in [3.8, 4) is 0 Å². The zero-order chi connectivity index (χ0) is 9.68. The van der Waals surface area contributed by atoms with Crippen LogP contribution in [0.1, 0.15) is 5.56 Å². The summed E-state index contributed by atoms with van der Waals surface area (Å²) in [5, 5.41) is 2.60. The molecule has 0 saturated carbocycles. The molecule has 0 unspecified atom stereocenters. The Balaban J connectivity index is 3.53. The van der Waals surface area contributed by atoms with Crippen molar-refractivity contribution < 1.29 is 0 Å². The van der Waals surface area contributed by atoms with Gasteiger partial charge in [-0.2, -0.15) is 0 Å². The Morgan fingerprint density at radius 1 is 1.38 bits per heavy atom. The van der Waals surface area contributed by atoms with E-state index < -0.39 is 0 Å². The summed E-state index contributed by atoms with van der Waals surface area (Å²) in [5.41, 5.74) is 1.33. The summed E-state index contributed by atoms with van der Waals surface area (Å²) >= 11 is 0. The summed E-state index contributed by atoms with van der Waals surface area (Å²) in [6, 6.07) is 6.34. The van der Waals surface area contributed by atoms with Gasteiger partial charge in [-0.15, -0.1) is 5.98 Å². The Morgan fingerprint density at radius 2 is 2.15 bits per heavy atom. The van der Waals surface area contributed by atoms with Crippen LogP contribution in [-0.4, -0.2) is 7.28 Å². The largest absolute Gasteiger partial charge is 0.145 e. The summed E-state index contributed by atoms with van der Waals surface area (Å²) in [4.78, 5) is 0. The van der Waals surface area contributed by atoms with Gasteiger partial charge in [-0.25, -0.2) is 0 Å². The van der Waals surface area contributed by atoms with Crippen LogP contribution in [0.25, 0.3) is 12.1 Å². The fourth-order valence-electron chi connectivity index (χ4n) is 1.46. The summed E-state index contributed by atoms with van der Waals surface area (Å²) in [7, 11) is 1.07. The smallest absolute Gasteiger partial charge is 0.112 e. The molecule has 0 aliphatic carbocycles. The van der Waals surface area contributed by atoms with E-state index in [9.17, 15) is 0 Å². The molecule has 0 spiro atoms. The second-order valence-electron chi connectivity index (χ2n) is 3.09. The van der Waals surface area contributed by atoms with E-state index in [-0.39, 0.29) is 0 Å². The molecule has 0 heterocycles. The number of allylic oxidation sites excluding steroid dienone is 1. The Labute approximate surface area is 80.5 Å². The maximum atomic E-state index is 3.72. The third-order valence-electron chi connectivity index (χ3n) is 2.06. The zero-order valence-corrected chi connectivity index (χ0v) is 8.38. The Morgan fingerprint density at radius 3 is 2.77 bits per heavy atom. The van der Waals surface area contributed by atoms with Gasteiger partial charge in [-0.3, -0.25) is 0 Å². The summed E-state index contributed by atoms with van der Waals surface area (Å²) < 4.78 is 0. The van der Waals surface area contributed by atoms with Gasteiger partial charge in [0, 0.05) is 0 Å². The first kappa shape index (κ1) is 9.85. The Bertz CT molecular complexity index is 402. The van der Waals surface area contributed by atoms with E-state index >= 15 is 0 Å². The van der Waals surface area contributed by atoms with E-state index in [1.807, 2.05) is 6.08 Å². The molecule has 1 rings (SSSR count). The molecule has 0 bridgehead atoms. The van der Waals surface area contributed by atoms with E-state index in [1.54, 1.807) is 0 Å². The molecule has 0 atom stereocenters. The third kappa shape index (κ3) is 2.35. The van der Waals surface area contributed by atoms with Crippen molar-refractivity contribution in [2.24, 2.45) is 0 Å². The second kappa shape index (κ2) is 4.71. The summed E-state index contributed by atoms with van der Waals surface area (Å²) in [5.74, 6) is 2.25. The van der Waals surface area contributed by atoms with Gasteiger partial charge in [0.05, 0.1) is 0 Å². The van der Waals surface area contributed by atoms with Gasteiger partial charge in [-0.05, 0) is 22.9 Å². The molecule has 0 amide bonds. The predicted molar refractivity (Wildman–Crippen MR) is 62.6 cm³/mol. The van der Waals surface area contributed by atoms with Crippen LogP contribution in [0.3, 0.4) is 0 Å². The first-order valence-corrected chi connectivity index (χ1v) is 4.68. The standard InChI is InChI=1S/C12H15B/c1-4-6-11-8-5-7-10(2)12(11)9-13-3/h4-9,13H,1H2,2-3H3/b11-6-,12-9-. The molecule has 0 aliphatic heterocycles. The predicted octanol–water partition coefficient (Wildman–Crippen LogP) is 1.18. The molecule has 1 aromatic rings. The van der Waals surface area contributed by atoms with Crippen LogP contribution < -0.4 is 10.4 Å². The maximum absolute atomic E-state index is 3.72. The minimum atomic E-state index is 1.07. The number of hydrogen-bond acceptors (Lipinski definition) is 0. The van der Waals surface area contributed by atoms with Crippen molar-refractivity contribution in [1.29, 1.82) is 0 Å². The second-order valence-corrected chi connectivity index (χ2v) is 3.09. The molecule has 0 saturated heterocycles. The van der Waals surface area contributed by atoms with Gasteiger partial charge < -0.3 is 0 Å². The lowest BCUT2D eigenvalue weighted by Crippen LogP contribution is -2.27. The Hall–Kier alpha value is -1.24. The number of benzene rings is 1. The normalized spacial score (nSPS) is 13.1. The van der Waals surface area contributed by atoms with Crippen LogP contribution in [0, 0.1) is 6.92 Å². The van der Waals surface area contributed by atoms with Crippen LogP contribution in [0.5, 0.6) is 0 Å². The lowest BCUT2D eigenvalue weighted by molar-refractivity contribution is 1.37. The van der Waals surface area contributed by atoms with E-state index in [0.29, 0.717) is 0 Å². The van der Waals surface area contributed by atoms with Crippen molar-refractivity contribution in [1.82, 2.24) is 0 Å². The van der Waals surface area contributed by atoms with Crippen molar-refractivity contribution in [2.75, 3.05) is 0 Å². The highest BCUT2D eigenvalue weighted by atomic mass is 13.9. The molecule has 0 aromatic heterocycles. The topological polar surface area (TPSA) is 0 Å². The van der Waals surface area contributed by atoms with Crippen LogP contribution in [0.15, 0.2) is 30.9 Å². The van der Waals surface area contributed by atoms with Gasteiger partial charge in [0.1, 0.15) is 7.28 Å². The molecule has 1 heteroatoms. The molecule has 0 N–H and O–H groups in total. The van der Waals surface area contributed by atoms with E-state index in [2.05, 4.69) is 50.6 Å². The average molecular weight is 170 g/mol. The molecule has 0 nitrogen and oxygen atoms in total. The lowest BCUT2D eigenvalue weighted by Gasteiger charge is -1.95. The minimum absolute atomic E-state index is 1.07. The average Bonchev–Trinajstić information content (AvgIpc) is 2.11. The summed E-state index contributed by atoms with van der Waals surface area (Å²) in [6.07, 6.45) is 3.89. The zero-order valence-electron chi connectivity index (χ0n) is 8.38. The number of aryl methyl sites for hydroxylation is 1. The monoisotopic (exact) mass is 170 g/mol. The SMILES string of the molecule is C=C/C=c1/cccc(C)/c1=C/BC. The lowest BCUT2D eigenvalue weighted by atomic mass is 9.81. The fraction of sp³-hybridized carbons (Fsp3) is 0.167. The molecule has 66 valence electrons. The number of rotatable bonds is 2. The Kier molecular flexibility index (Phi) is 3.57. The molecule has 0 aliphatic rings. The van der Waals surface area contributed by atoms with Crippen LogP contribution in [0.2, 0.25) is 6.82 Å². The van der Waals surface area contributed by atoms with Crippen molar-refractivity contribution in [3.63, 3.8) is 0 Å². The van der Waals surface area contributed by atoms with E-state index in [0.717, 1.165) is 7.28 Å². The molecular formula is C12H15B. The van der Waals surface area contributed by atoms with Crippen LogP contribution >= 0.6 is 0 Å². The van der Waals surface area contributed by atoms with Crippen molar-refractivity contribution in [3.05, 3.63) is 46.9 Å². The van der Waals surface area contributed by atoms with Gasteiger partial charge in [0.2, 0.25) is 0 Å². The fourth-order valence-corrected chi connectivity index (χ4v) is 1.46. The van der Waals surface area contributed by atoms with Crippen LogP contribution in [-0.2, 0) is 0 Å². The van der Waals surface area contributed by atoms with Gasteiger partial charge >= 0.3 is 0 Å². The molecule has 0 radical (unpaired) electrons. The van der Waals surface area contributed by atoms with Gasteiger partial charge in [0.15, 0.2) is 0 Å². The quantitative estimate of drug-likeness (QED) is 0.584. The number of hydrogen-bond donors (Lipinski definition) is 0. The van der Waals surface area contributed by atoms with Gasteiger partial charge in [-0.1, -0.05) is 43.8 Å². The first-order valence-electron chi connectivity index (χ1n) is 4.68. The van der Waals surface area contributed by atoms with Gasteiger partial charge in [0.25, 0.3) is 0 Å². The van der Waals surface area contributed by atoms with Crippen molar-refractivity contribution >= 4 is 19.3 Å². The molecule has 1 aromatic carbocycles. The highest BCUT2D eigenvalue weighted by Gasteiger charge is 1.88. The maximum Gasteiger partial charge on any atom is 0.145 e. The molecular weight excluding hydrogens is 155 g/mol. The minimum Gasteiger partial charge on any atom is -0.112 e. The molecule has 13 heavy (non-hydrogen) atoms. The highest BCUT2D eigenvalue weighted by molar-refractivity contribution is 6.51. The molecule has 0 fully saturated rings. The summed E-state index contributed by atoms with van der Waals surface area (Å²) in [6.45, 7) is 8.02. The van der Waals surface area contributed by atoms with E-state index in [1.165, 1.54) is 16.0 Å².